The lowest BCUT2D eigenvalue weighted by Crippen LogP contribution is -2.41. The van der Waals surface area contributed by atoms with E-state index in [2.05, 4.69) is 48.1 Å². The number of carbonyl (C=O) groups excluding carboxylic acids is 1. The van der Waals surface area contributed by atoms with E-state index in [0.717, 1.165) is 48.5 Å². The van der Waals surface area contributed by atoms with Gasteiger partial charge >= 0.3 is 0 Å². The molecule has 0 atom stereocenters. The van der Waals surface area contributed by atoms with Gasteiger partial charge in [-0.15, -0.1) is 0 Å². The smallest absolute Gasteiger partial charge is 0.252 e. The fraction of sp³-hybridized carbons (Fsp3) is 0.412. The molecule has 1 aliphatic carbocycles. The van der Waals surface area contributed by atoms with Gasteiger partial charge in [-0.1, -0.05) is 51.5 Å². The first kappa shape index (κ1) is 28.5. The second kappa shape index (κ2) is 11.5. The van der Waals surface area contributed by atoms with Crippen molar-refractivity contribution >= 4 is 22.7 Å². The first-order valence-electron chi connectivity index (χ1n) is 14.4. The van der Waals surface area contributed by atoms with Crippen LogP contribution in [-0.2, 0) is 20.4 Å². The van der Waals surface area contributed by atoms with Crippen LogP contribution < -0.4 is 10.2 Å². The molecule has 1 saturated heterocycles. The first-order valence-corrected chi connectivity index (χ1v) is 14.4. The molecule has 1 aromatic heterocycles. The van der Waals surface area contributed by atoms with Crippen molar-refractivity contribution in [3.05, 3.63) is 94.8 Å². The lowest BCUT2D eigenvalue weighted by atomic mass is 9.79. The molecule has 1 amide bonds. The number of fused-ring (bicyclic) bond motifs is 3. The summed E-state index contributed by atoms with van der Waals surface area (Å²) in [5.41, 5.74) is 4.73. The van der Waals surface area contributed by atoms with Gasteiger partial charge in [0.1, 0.15) is 29.2 Å². The molecular formula is C34H41N3O4. The molecule has 7 heteroatoms. The summed E-state index contributed by atoms with van der Waals surface area (Å²) < 4.78 is 17.7. The molecule has 0 radical (unpaired) electrons. The highest BCUT2D eigenvalue weighted by Gasteiger charge is 2.31. The Hall–Kier alpha value is -4.00. The van der Waals surface area contributed by atoms with Gasteiger partial charge in [0.2, 0.25) is 5.89 Å². The molecule has 0 saturated carbocycles. The Morgan fingerprint density at radius 1 is 1.12 bits per heavy atom. The van der Waals surface area contributed by atoms with E-state index in [4.69, 9.17) is 13.9 Å². The van der Waals surface area contributed by atoms with Crippen molar-refractivity contribution < 1.29 is 18.7 Å². The second-order valence-corrected chi connectivity index (χ2v) is 12.1. The minimum atomic E-state index is -0.802. The third-order valence-corrected chi connectivity index (χ3v) is 7.93. The molecule has 2 heterocycles. The standard InChI is InChI=1S/C34H41N3O4/c1-7-16-33(2,3)27-15-13-24(31(38)36-34(4,5)32-35-28-10-8-9-11-30(28)41-32)20-29(27)37-17-18-40-26-19-23(22-37)12-14-25(21-26)39-6/h8-15,20-21H,7,16-19,22H2,1-6H3,(H,36,38). The van der Waals surface area contributed by atoms with E-state index in [1.54, 1.807) is 7.11 Å². The molecule has 2 bridgehead atoms. The largest absolute Gasteiger partial charge is 0.497 e. The van der Waals surface area contributed by atoms with Crippen LogP contribution in [0.3, 0.4) is 0 Å². The third-order valence-electron chi connectivity index (χ3n) is 7.93. The first-order chi connectivity index (χ1) is 19.6. The van der Waals surface area contributed by atoms with E-state index >= 15 is 0 Å². The highest BCUT2D eigenvalue weighted by atomic mass is 16.5. The minimum absolute atomic E-state index is 0.0637. The number of nitrogens with zero attached hydrogens (tertiary/aromatic N) is 2. The quantitative estimate of drug-likeness (QED) is 0.318. The van der Waals surface area contributed by atoms with Gasteiger partial charge in [-0.2, -0.15) is 0 Å². The van der Waals surface area contributed by atoms with E-state index in [1.165, 1.54) is 11.1 Å². The van der Waals surface area contributed by atoms with Crippen molar-refractivity contribution in [1.29, 1.82) is 0 Å². The Balaban J connectivity index is 1.48. The normalized spacial score (nSPS) is 16.0. The summed E-state index contributed by atoms with van der Waals surface area (Å²) in [6.07, 6.45) is 8.93. The summed E-state index contributed by atoms with van der Waals surface area (Å²) in [4.78, 5) is 20.7. The Labute approximate surface area is 242 Å². The molecule has 41 heavy (non-hydrogen) atoms. The molecule has 2 aliphatic rings. The fourth-order valence-electron chi connectivity index (χ4n) is 5.70. The Kier molecular flexibility index (Phi) is 7.98. The van der Waals surface area contributed by atoms with E-state index in [9.17, 15) is 4.79 Å². The van der Waals surface area contributed by atoms with Crippen LogP contribution in [0.1, 0.15) is 75.7 Å². The van der Waals surface area contributed by atoms with Gasteiger partial charge in [0, 0.05) is 30.3 Å². The van der Waals surface area contributed by atoms with Crippen LogP contribution in [0, 0.1) is 0 Å². The van der Waals surface area contributed by atoms with Crippen LogP contribution in [0.15, 0.2) is 82.2 Å². The monoisotopic (exact) mass is 555 g/mol. The van der Waals surface area contributed by atoms with Gasteiger partial charge in [-0.3, -0.25) is 4.79 Å². The molecule has 3 aromatic rings. The lowest BCUT2D eigenvalue weighted by molar-refractivity contribution is 0.0899. The maximum atomic E-state index is 13.7. The summed E-state index contributed by atoms with van der Waals surface area (Å²) in [5.74, 6) is 2.01. The van der Waals surface area contributed by atoms with Crippen LogP contribution >= 0.6 is 0 Å². The zero-order valence-corrected chi connectivity index (χ0v) is 25.0. The molecule has 1 N–H and O–H groups in total. The molecule has 7 nitrogen and oxygen atoms in total. The molecule has 0 unspecified atom stereocenters. The minimum Gasteiger partial charge on any atom is -0.497 e. The number of oxazole rings is 1. The number of methoxy groups -OCH3 is 1. The molecule has 1 aliphatic heterocycles. The summed E-state index contributed by atoms with van der Waals surface area (Å²) in [6.45, 7) is 12.6. The van der Waals surface area contributed by atoms with Crippen molar-refractivity contribution in [2.24, 2.45) is 0 Å². The highest BCUT2D eigenvalue weighted by molar-refractivity contribution is 5.96. The maximum absolute atomic E-state index is 13.7. The number of rotatable bonds is 8. The lowest BCUT2D eigenvalue weighted by Gasteiger charge is -2.35. The Morgan fingerprint density at radius 3 is 2.68 bits per heavy atom. The summed E-state index contributed by atoms with van der Waals surface area (Å²) in [7, 11) is 1.68. The predicted octanol–water partition coefficient (Wildman–Crippen LogP) is 7.15. The zero-order valence-electron chi connectivity index (χ0n) is 25.0. The average Bonchev–Trinajstić information content (AvgIpc) is 3.26. The third kappa shape index (κ3) is 6.19. The van der Waals surface area contributed by atoms with Gasteiger partial charge in [0.25, 0.3) is 5.91 Å². The topological polar surface area (TPSA) is 76.8 Å². The number of carbonyl (C=O) groups is 1. The number of para-hydroxylation sites is 2. The van der Waals surface area contributed by atoms with Crippen LogP contribution in [0.2, 0.25) is 0 Å². The van der Waals surface area contributed by atoms with Gasteiger partial charge in [-0.05, 0) is 67.2 Å². The number of hydrogen-bond donors (Lipinski definition) is 1. The van der Waals surface area contributed by atoms with E-state index in [0.29, 0.717) is 30.2 Å². The Morgan fingerprint density at radius 2 is 1.93 bits per heavy atom. The van der Waals surface area contributed by atoms with E-state index < -0.39 is 5.54 Å². The van der Waals surface area contributed by atoms with Crippen LogP contribution in [-0.4, -0.2) is 37.7 Å². The van der Waals surface area contributed by atoms with Gasteiger partial charge in [0.05, 0.1) is 13.7 Å². The van der Waals surface area contributed by atoms with Gasteiger partial charge < -0.3 is 24.1 Å². The fourth-order valence-corrected chi connectivity index (χ4v) is 5.70. The number of ether oxygens (including phenoxy) is 2. The molecule has 5 rings (SSSR count). The number of allylic oxidation sites excluding steroid dienone is 4. The Bertz CT molecular complexity index is 1490. The SMILES string of the molecule is CCCC(C)(C)c1ccc(C(=O)NC(C)(C)c2nc3ccccc3o2)cc1N1CCOC2=CC(OC)=CC=C(C2)C1. The van der Waals surface area contributed by atoms with Crippen molar-refractivity contribution in [2.75, 3.05) is 31.7 Å². The van der Waals surface area contributed by atoms with Gasteiger partial charge in [-0.25, -0.2) is 4.98 Å². The molecule has 1 fully saturated rings. The summed E-state index contributed by atoms with van der Waals surface area (Å²) in [5, 5.41) is 3.16. The van der Waals surface area contributed by atoms with Gasteiger partial charge in [0.15, 0.2) is 5.58 Å². The number of anilines is 1. The van der Waals surface area contributed by atoms with Crippen LogP contribution in [0.4, 0.5) is 5.69 Å². The average molecular weight is 556 g/mol. The highest BCUT2D eigenvalue weighted by Crippen LogP contribution is 2.38. The number of benzene rings is 2. The van der Waals surface area contributed by atoms with Crippen molar-refractivity contribution in [3.8, 4) is 0 Å². The molecule has 216 valence electrons. The predicted molar refractivity (Wildman–Crippen MR) is 163 cm³/mol. The van der Waals surface area contributed by atoms with Crippen molar-refractivity contribution in [1.82, 2.24) is 10.3 Å². The van der Waals surface area contributed by atoms with E-state index in [-0.39, 0.29) is 11.3 Å². The van der Waals surface area contributed by atoms with Crippen LogP contribution in [0.5, 0.6) is 0 Å². The number of aromatic nitrogens is 1. The van der Waals surface area contributed by atoms with Crippen LogP contribution in [0.25, 0.3) is 11.1 Å². The molecular weight excluding hydrogens is 514 g/mol. The molecule has 0 spiro atoms. The second-order valence-electron chi connectivity index (χ2n) is 12.1. The maximum Gasteiger partial charge on any atom is 0.252 e. The summed E-state index contributed by atoms with van der Waals surface area (Å²) >= 11 is 0. The zero-order chi connectivity index (χ0) is 29.2. The summed E-state index contributed by atoms with van der Waals surface area (Å²) in [6, 6.07) is 13.7. The molecule has 2 aromatic carbocycles. The number of hydrogen-bond acceptors (Lipinski definition) is 6. The van der Waals surface area contributed by atoms with Crippen molar-refractivity contribution in [3.63, 3.8) is 0 Å². The number of amides is 1. The van der Waals surface area contributed by atoms with E-state index in [1.807, 2.05) is 62.4 Å². The van der Waals surface area contributed by atoms with Crippen molar-refractivity contribution in [2.45, 2.75) is 64.8 Å². The number of nitrogens with one attached hydrogen (secondary N) is 1.